The molecule has 0 aromatic heterocycles. The Hall–Kier alpha value is -2.25. The van der Waals surface area contributed by atoms with Crippen LogP contribution in [-0.2, 0) is 12.1 Å². The normalized spacial score (nSPS) is 21.3. The average molecular weight is 446 g/mol. The Kier molecular flexibility index (Phi) is 5.86. The van der Waals surface area contributed by atoms with Crippen LogP contribution in [0.25, 0.3) is 0 Å². The maximum absolute atomic E-state index is 11.6. The molecule has 2 heterocycles. The first kappa shape index (κ1) is 20.5. The van der Waals surface area contributed by atoms with E-state index in [1.807, 2.05) is 4.58 Å². The first-order valence-corrected chi connectivity index (χ1v) is 9.50. The second-order valence-electron chi connectivity index (χ2n) is 7.26. The van der Waals surface area contributed by atoms with Crippen molar-refractivity contribution in [1.82, 2.24) is 0 Å². The molecule has 2 aromatic rings. The molecule has 2 aliphatic rings. The maximum Gasteiger partial charge on any atom is 0.271 e. The van der Waals surface area contributed by atoms with E-state index in [2.05, 4.69) is 36.1 Å². The molecule has 0 saturated heterocycles. The molecule has 7 heteroatoms. The Morgan fingerprint density at radius 1 is 1.21 bits per heavy atom. The summed E-state index contributed by atoms with van der Waals surface area (Å²) in [6.45, 7) is 3.25. The standard InChI is InChI=1S/C21H24N3O3.BrH/c1-2-16-9-11-18(12-10-16)22-15-21(25,23-13-4-3-8-20(22)23)17-6-5-7-19(14-17)24(26)27;/h5-7,9-12,14,25H,2-4,8,13,15H2,1H3;1H/q+1;/p-1. The van der Waals surface area contributed by atoms with Gasteiger partial charge in [0, 0.05) is 24.1 Å². The molecule has 1 unspecified atom stereocenters. The van der Waals surface area contributed by atoms with Gasteiger partial charge in [-0.3, -0.25) is 10.1 Å². The summed E-state index contributed by atoms with van der Waals surface area (Å²) in [6.07, 6.45) is 3.97. The molecule has 2 aliphatic heterocycles. The van der Waals surface area contributed by atoms with Crippen molar-refractivity contribution in [1.29, 1.82) is 0 Å². The molecule has 0 spiro atoms. The summed E-state index contributed by atoms with van der Waals surface area (Å²) in [4.78, 5) is 12.9. The number of aliphatic hydroxyl groups is 1. The lowest BCUT2D eigenvalue weighted by Crippen LogP contribution is -3.00. The van der Waals surface area contributed by atoms with Crippen LogP contribution in [-0.4, -0.2) is 33.5 Å². The predicted molar refractivity (Wildman–Crippen MR) is 104 cm³/mol. The van der Waals surface area contributed by atoms with Crippen LogP contribution >= 0.6 is 0 Å². The van der Waals surface area contributed by atoms with Gasteiger partial charge in [-0.15, -0.1) is 0 Å². The highest BCUT2D eigenvalue weighted by atomic mass is 79.9. The SMILES string of the molecule is CCc1ccc(N2CC(O)(c3cccc([N+](=O)[O-])c3)[N+]3=C2CCCC3)cc1.[Br-]. The first-order chi connectivity index (χ1) is 13.0. The quantitative estimate of drug-likeness (QED) is 0.420. The lowest BCUT2D eigenvalue weighted by atomic mass is 10.0. The zero-order valence-electron chi connectivity index (χ0n) is 15.8. The molecule has 0 bridgehead atoms. The van der Waals surface area contributed by atoms with Crippen LogP contribution in [0.15, 0.2) is 48.5 Å². The number of amidine groups is 1. The number of nitro groups is 1. The number of rotatable bonds is 4. The van der Waals surface area contributed by atoms with Crippen molar-refractivity contribution in [2.75, 3.05) is 18.0 Å². The fourth-order valence-corrected chi connectivity index (χ4v) is 4.16. The summed E-state index contributed by atoms with van der Waals surface area (Å²) in [5.41, 5.74) is 1.65. The lowest BCUT2D eigenvalue weighted by Gasteiger charge is -2.24. The van der Waals surface area contributed by atoms with Crippen molar-refractivity contribution in [3.63, 3.8) is 0 Å². The number of halogens is 1. The van der Waals surface area contributed by atoms with Gasteiger partial charge in [0.1, 0.15) is 5.69 Å². The summed E-state index contributed by atoms with van der Waals surface area (Å²) in [5, 5.41) is 22.8. The van der Waals surface area contributed by atoms with Crippen molar-refractivity contribution < 1.29 is 31.6 Å². The minimum absolute atomic E-state index is 0. The molecule has 4 rings (SSSR count). The van der Waals surface area contributed by atoms with Crippen molar-refractivity contribution >= 4 is 17.2 Å². The average Bonchev–Trinajstić information content (AvgIpc) is 3.02. The molecule has 0 saturated carbocycles. The number of aryl methyl sites for hydroxylation is 1. The number of non-ortho nitro benzene ring substituents is 1. The van der Waals surface area contributed by atoms with E-state index in [-0.39, 0.29) is 22.7 Å². The number of benzene rings is 2. The van der Waals surface area contributed by atoms with Gasteiger partial charge in [-0.2, -0.15) is 0 Å². The first-order valence-electron chi connectivity index (χ1n) is 9.50. The fraction of sp³-hybridized carbons (Fsp3) is 0.381. The van der Waals surface area contributed by atoms with Crippen LogP contribution in [0.3, 0.4) is 0 Å². The van der Waals surface area contributed by atoms with Crippen LogP contribution in [0.1, 0.15) is 37.3 Å². The lowest BCUT2D eigenvalue weighted by molar-refractivity contribution is -0.661. The minimum atomic E-state index is -1.26. The second kappa shape index (κ2) is 8.01. The van der Waals surface area contributed by atoms with Gasteiger partial charge in [0.25, 0.3) is 17.2 Å². The Labute approximate surface area is 175 Å². The van der Waals surface area contributed by atoms with Crippen LogP contribution in [0.4, 0.5) is 11.4 Å². The molecule has 1 atom stereocenters. The number of hydrogen-bond donors (Lipinski definition) is 1. The van der Waals surface area contributed by atoms with Gasteiger partial charge in [0.15, 0.2) is 6.54 Å². The molecule has 0 aliphatic carbocycles. The summed E-state index contributed by atoms with van der Waals surface area (Å²) >= 11 is 0. The minimum Gasteiger partial charge on any atom is -1.00 e. The Bertz CT molecular complexity index is 913. The predicted octanol–water partition coefficient (Wildman–Crippen LogP) is 0.421. The zero-order valence-corrected chi connectivity index (χ0v) is 17.4. The number of hydrogen-bond acceptors (Lipinski definition) is 4. The molecular formula is C21H24BrN3O3. The van der Waals surface area contributed by atoms with E-state index < -0.39 is 10.6 Å². The van der Waals surface area contributed by atoms with Gasteiger partial charge in [0.2, 0.25) is 0 Å². The highest BCUT2D eigenvalue weighted by Gasteiger charge is 2.52. The highest BCUT2D eigenvalue weighted by molar-refractivity contribution is 5.96. The van der Waals surface area contributed by atoms with Crippen molar-refractivity contribution in [3.8, 4) is 0 Å². The summed E-state index contributed by atoms with van der Waals surface area (Å²) < 4.78 is 2.03. The molecule has 28 heavy (non-hydrogen) atoms. The van der Waals surface area contributed by atoms with Crippen LogP contribution in [0.2, 0.25) is 0 Å². The summed E-state index contributed by atoms with van der Waals surface area (Å²) in [7, 11) is 0. The van der Waals surface area contributed by atoms with Crippen LogP contribution in [0, 0.1) is 10.1 Å². The largest absolute Gasteiger partial charge is 1.00 e. The van der Waals surface area contributed by atoms with Crippen LogP contribution in [0.5, 0.6) is 0 Å². The van der Waals surface area contributed by atoms with Gasteiger partial charge in [-0.1, -0.05) is 31.2 Å². The second-order valence-corrected chi connectivity index (χ2v) is 7.26. The molecular weight excluding hydrogens is 422 g/mol. The fourth-order valence-electron chi connectivity index (χ4n) is 4.16. The van der Waals surface area contributed by atoms with E-state index in [1.54, 1.807) is 12.1 Å². The van der Waals surface area contributed by atoms with Gasteiger partial charge in [0.05, 0.1) is 11.5 Å². The Morgan fingerprint density at radius 2 is 1.96 bits per heavy atom. The van der Waals surface area contributed by atoms with Gasteiger partial charge in [-0.25, -0.2) is 9.48 Å². The van der Waals surface area contributed by atoms with Crippen molar-refractivity contribution in [3.05, 3.63) is 69.8 Å². The van der Waals surface area contributed by atoms with Crippen molar-refractivity contribution in [2.45, 2.75) is 38.3 Å². The number of nitro benzene ring substituents is 1. The summed E-state index contributed by atoms with van der Waals surface area (Å²) in [5.74, 6) is 1.10. The van der Waals surface area contributed by atoms with Gasteiger partial charge in [-0.05, 0) is 37.0 Å². The molecule has 1 N–H and O–H groups in total. The smallest absolute Gasteiger partial charge is 0.271 e. The molecule has 6 nitrogen and oxygen atoms in total. The molecule has 0 radical (unpaired) electrons. The van der Waals surface area contributed by atoms with Gasteiger partial charge >= 0.3 is 0 Å². The van der Waals surface area contributed by atoms with E-state index in [9.17, 15) is 15.2 Å². The van der Waals surface area contributed by atoms with E-state index >= 15 is 0 Å². The molecule has 148 valence electrons. The third-order valence-electron chi connectivity index (χ3n) is 5.66. The molecule has 2 aromatic carbocycles. The highest BCUT2D eigenvalue weighted by Crippen LogP contribution is 2.36. The number of nitrogens with zero attached hydrogens (tertiary/aromatic N) is 3. The van der Waals surface area contributed by atoms with E-state index in [4.69, 9.17) is 0 Å². The van der Waals surface area contributed by atoms with E-state index in [0.717, 1.165) is 43.8 Å². The van der Waals surface area contributed by atoms with Gasteiger partial charge < -0.3 is 22.1 Å². The third-order valence-corrected chi connectivity index (χ3v) is 5.66. The number of anilines is 1. The topological polar surface area (TPSA) is 69.6 Å². The Balaban J connectivity index is 0.00000225. The summed E-state index contributed by atoms with van der Waals surface area (Å²) in [6, 6.07) is 14.8. The monoisotopic (exact) mass is 445 g/mol. The Morgan fingerprint density at radius 3 is 2.64 bits per heavy atom. The van der Waals surface area contributed by atoms with Crippen LogP contribution < -0.4 is 21.9 Å². The number of β-amino-alcohol motifs (C(OH)–C–C–N with tert-alkyl or cyclic N) is 1. The van der Waals surface area contributed by atoms with E-state index in [0.29, 0.717) is 12.1 Å². The van der Waals surface area contributed by atoms with E-state index in [1.165, 1.54) is 17.7 Å². The maximum atomic E-state index is 11.6. The third kappa shape index (κ3) is 3.44. The van der Waals surface area contributed by atoms with Crippen molar-refractivity contribution in [2.24, 2.45) is 0 Å². The zero-order chi connectivity index (χ0) is 19.0. The molecule has 0 amide bonds. The molecule has 0 fully saturated rings.